The van der Waals surface area contributed by atoms with Crippen LogP contribution in [0.3, 0.4) is 0 Å². The number of carbonyl (C=O) groups is 5. The molecule has 1 aromatic rings. The maximum atomic E-state index is 12.9. The van der Waals surface area contributed by atoms with E-state index in [1.165, 1.54) is 0 Å². The zero-order chi connectivity index (χ0) is 20.0. The third-order valence-corrected chi connectivity index (χ3v) is 5.49. The molecule has 1 unspecified atom stereocenters. The van der Waals surface area contributed by atoms with Crippen molar-refractivity contribution in [3.63, 3.8) is 0 Å². The van der Waals surface area contributed by atoms with Crippen molar-refractivity contribution in [3.05, 3.63) is 34.4 Å². The van der Waals surface area contributed by atoms with Gasteiger partial charge in [0.25, 0.3) is 11.8 Å². The molecule has 4 amide bonds. The maximum absolute atomic E-state index is 12.9. The van der Waals surface area contributed by atoms with E-state index in [-0.39, 0.29) is 30.4 Å². The fourth-order valence-electron chi connectivity index (χ4n) is 4.03. The molecule has 0 aromatic heterocycles. The summed E-state index contributed by atoms with van der Waals surface area (Å²) < 4.78 is 0. The Morgan fingerprint density at radius 2 is 1.75 bits per heavy atom. The minimum absolute atomic E-state index is 0.0426. The maximum Gasteiger partial charge on any atom is 0.304 e. The fraction of sp³-hybridized carbons (Fsp3) is 0.421. The summed E-state index contributed by atoms with van der Waals surface area (Å²) in [5.74, 6) is -2.93. The van der Waals surface area contributed by atoms with E-state index in [1.54, 1.807) is 12.1 Å². The summed E-state index contributed by atoms with van der Waals surface area (Å²) in [6, 6.07) is 2.42. The Balaban J connectivity index is 1.59. The van der Waals surface area contributed by atoms with Gasteiger partial charge in [0, 0.05) is 26.1 Å². The quantitative estimate of drug-likeness (QED) is 0.695. The van der Waals surface area contributed by atoms with Gasteiger partial charge >= 0.3 is 5.97 Å². The van der Waals surface area contributed by atoms with E-state index >= 15 is 0 Å². The highest BCUT2D eigenvalue weighted by Gasteiger charge is 2.45. The second kappa shape index (κ2) is 6.83. The van der Waals surface area contributed by atoms with Gasteiger partial charge in [-0.1, -0.05) is 0 Å². The Labute approximate surface area is 160 Å². The van der Waals surface area contributed by atoms with E-state index in [1.807, 2.05) is 4.90 Å². The predicted molar refractivity (Wildman–Crippen MR) is 94.3 cm³/mol. The molecule has 1 atom stereocenters. The number of carboxylic acids is 1. The number of piperidine rings is 1. The van der Waals surface area contributed by atoms with Crippen LogP contribution in [-0.2, 0) is 27.3 Å². The van der Waals surface area contributed by atoms with Crippen LogP contribution >= 0.6 is 0 Å². The van der Waals surface area contributed by atoms with Gasteiger partial charge in [-0.2, -0.15) is 0 Å². The van der Waals surface area contributed by atoms with Gasteiger partial charge in [0.15, 0.2) is 0 Å². The Kier molecular flexibility index (Phi) is 4.46. The monoisotopic (exact) mass is 385 g/mol. The van der Waals surface area contributed by atoms with Gasteiger partial charge in [-0.3, -0.25) is 39.1 Å². The van der Waals surface area contributed by atoms with Crippen LogP contribution < -0.4 is 5.32 Å². The molecular formula is C19H19N3O6. The number of amides is 4. The average Bonchev–Trinajstić information content (AvgIpc) is 2.89. The van der Waals surface area contributed by atoms with Crippen LogP contribution in [0.4, 0.5) is 0 Å². The van der Waals surface area contributed by atoms with Crippen molar-refractivity contribution in [2.75, 3.05) is 13.1 Å². The van der Waals surface area contributed by atoms with Crippen LogP contribution in [-0.4, -0.2) is 63.6 Å². The SMILES string of the molecule is O=C(O)CCN1CCc2cc3c(cc2C1)C(=O)N(C1CCC(=O)NC1=O)C3=O. The van der Waals surface area contributed by atoms with E-state index in [4.69, 9.17) is 5.11 Å². The lowest BCUT2D eigenvalue weighted by Crippen LogP contribution is -2.54. The highest BCUT2D eigenvalue weighted by molar-refractivity contribution is 6.23. The molecule has 2 N–H and O–H groups in total. The number of rotatable bonds is 4. The highest BCUT2D eigenvalue weighted by atomic mass is 16.4. The summed E-state index contributed by atoms with van der Waals surface area (Å²) in [4.78, 5) is 62.9. The molecular weight excluding hydrogens is 366 g/mol. The second-order valence-corrected chi connectivity index (χ2v) is 7.28. The summed E-state index contributed by atoms with van der Waals surface area (Å²) in [5, 5.41) is 11.0. The van der Waals surface area contributed by atoms with Crippen LogP contribution in [0, 0.1) is 0 Å². The van der Waals surface area contributed by atoms with Crippen LogP contribution in [0.15, 0.2) is 12.1 Å². The molecule has 9 nitrogen and oxygen atoms in total. The largest absolute Gasteiger partial charge is 0.481 e. The number of imide groups is 2. The summed E-state index contributed by atoms with van der Waals surface area (Å²) in [5.41, 5.74) is 2.39. The van der Waals surface area contributed by atoms with Gasteiger partial charge in [-0.25, -0.2) is 0 Å². The van der Waals surface area contributed by atoms with Gasteiger partial charge in [-0.15, -0.1) is 0 Å². The minimum atomic E-state index is -0.978. The van der Waals surface area contributed by atoms with E-state index in [0.717, 1.165) is 16.0 Å². The number of nitrogens with one attached hydrogen (secondary N) is 1. The number of fused-ring (bicyclic) bond motifs is 2. The molecule has 0 spiro atoms. The van der Waals surface area contributed by atoms with Gasteiger partial charge in [-0.05, 0) is 36.1 Å². The number of aliphatic carboxylic acids is 1. The van der Waals surface area contributed by atoms with E-state index in [9.17, 15) is 24.0 Å². The first kappa shape index (κ1) is 18.3. The Morgan fingerprint density at radius 3 is 2.39 bits per heavy atom. The standard InChI is InChI=1S/C19H19N3O6/c23-15-2-1-14(17(26)20-15)22-18(27)12-7-10-3-5-21(6-4-16(24)25)9-11(10)8-13(12)19(22)28/h7-8,14H,1-6,9H2,(H,24,25)(H,20,23,26). The molecule has 1 saturated heterocycles. The zero-order valence-electron chi connectivity index (χ0n) is 15.1. The number of nitrogens with zero attached hydrogens (tertiary/aromatic N) is 2. The topological polar surface area (TPSA) is 124 Å². The third-order valence-electron chi connectivity index (χ3n) is 5.49. The lowest BCUT2D eigenvalue weighted by atomic mass is 9.94. The summed E-state index contributed by atoms with van der Waals surface area (Å²) in [7, 11) is 0. The van der Waals surface area contributed by atoms with Crippen molar-refractivity contribution >= 4 is 29.6 Å². The molecule has 1 fully saturated rings. The first-order valence-electron chi connectivity index (χ1n) is 9.16. The fourth-order valence-corrected chi connectivity index (χ4v) is 4.03. The van der Waals surface area contributed by atoms with Crippen LogP contribution in [0.5, 0.6) is 0 Å². The first-order valence-corrected chi connectivity index (χ1v) is 9.16. The second-order valence-electron chi connectivity index (χ2n) is 7.28. The number of carbonyl (C=O) groups excluding carboxylic acids is 4. The smallest absolute Gasteiger partial charge is 0.304 e. The number of carboxylic acid groups (broad SMARTS) is 1. The van der Waals surface area contributed by atoms with Gasteiger partial charge < -0.3 is 5.11 Å². The van der Waals surface area contributed by atoms with Crippen molar-refractivity contribution < 1.29 is 29.1 Å². The zero-order valence-corrected chi connectivity index (χ0v) is 15.1. The molecule has 146 valence electrons. The molecule has 0 radical (unpaired) electrons. The van der Waals surface area contributed by atoms with Crippen molar-refractivity contribution in [3.8, 4) is 0 Å². The minimum Gasteiger partial charge on any atom is -0.481 e. The molecule has 9 heteroatoms. The highest BCUT2D eigenvalue weighted by Crippen LogP contribution is 2.32. The molecule has 0 aliphatic carbocycles. The lowest BCUT2D eigenvalue weighted by molar-refractivity contribution is -0.138. The number of benzene rings is 1. The third kappa shape index (κ3) is 3.07. The van der Waals surface area contributed by atoms with E-state index in [0.29, 0.717) is 26.1 Å². The molecule has 0 saturated carbocycles. The molecule has 3 aliphatic heterocycles. The van der Waals surface area contributed by atoms with E-state index < -0.39 is 35.6 Å². The summed E-state index contributed by atoms with van der Waals surface area (Å²) >= 11 is 0. The Bertz CT molecular complexity index is 924. The summed E-state index contributed by atoms with van der Waals surface area (Å²) in [6.07, 6.45) is 0.904. The lowest BCUT2D eigenvalue weighted by Gasteiger charge is -2.28. The van der Waals surface area contributed by atoms with Crippen molar-refractivity contribution in [2.45, 2.75) is 38.3 Å². The molecule has 3 heterocycles. The van der Waals surface area contributed by atoms with Crippen molar-refractivity contribution in [2.24, 2.45) is 0 Å². The van der Waals surface area contributed by atoms with E-state index in [2.05, 4.69) is 5.32 Å². The molecule has 0 bridgehead atoms. The Hall–Kier alpha value is -3.07. The Morgan fingerprint density at radius 1 is 1.07 bits per heavy atom. The van der Waals surface area contributed by atoms with Crippen molar-refractivity contribution in [1.29, 1.82) is 0 Å². The first-order chi connectivity index (χ1) is 13.3. The number of hydrogen-bond donors (Lipinski definition) is 2. The van der Waals surface area contributed by atoms with Crippen LogP contribution in [0.25, 0.3) is 0 Å². The number of hydrogen-bond acceptors (Lipinski definition) is 6. The van der Waals surface area contributed by atoms with Crippen LogP contribution in [0.1, 0.15) is 51.1 Å². The molecule has 1 aromatic carbocycles. The van der Waals surface area contributed by atoms with Gasteiger partial charge in [0.1, 0.15) is 6.04 Å². The predicted octanol–water partition coefficient (Wildman–Crippen LogP) is -0.0794. The average molecular weight is 385 g/mol. The normalized spacial score (nSPS) is 22.1. The van der Waals surface area contributed by atoms with Gasteiger partial charge in [0.05, 0.1) is 17.5 Å². The van der Waals surface area contributed by atoms with Gasteiger partial charge in [0.2, 0.25) is 11.8 Å². The molecule has 3 aliphatic rings. The summed E-state index contributed by atoms with van der Waals surface area (Å²) in [6.45, 7) is 1.61. The van der Waals surface area contributed by atoms with Crippen molar-refractivity contribution in [1.82, 2.24) is 15.1 Å². The molecule has 4 rings (SSSR count). The molecule has 28 heavy (non-hydrogen) atoms. The van der Waals surface area contributed by atoms with Crippen LogP contribution in [0.2, 0.25) is 0 Å².